The third-order valence-electron chi connectivity index (χ3n) is 10.0. The first-order chi connectivity index (χ1) is 32.2. The lowest BCUT2D eigenvalue weighted by molar-refractivity contribution is 0.361. The van der Waals surface area contributed by atoms with Crippen LogP contribution >= 0.6 is 60.5 Å². The molecule has 68 heavy (non-hydrogen) atoms. The number of unbranched alkanes of at least 4 members (excludes halogenated alkanes) is 20. The average molecular weight is 1100 g/mol. The minimum Gasteiger partial charge on any atom is -0.513 e. The molecular formula is C53H100O7P2S6. The summed E-state index contributed by atoms with van der Waals surface area (Å²) >= 11 is 15.7. The molecule has 0 fully saturated rings. The van der Waals surface area contributed by atoms with E-state index in [4.69, 9.17) is 34.5 Å². The molecule has 0 atom stereocenters. The minimum absolute atomic E-state index is 0.167. The molecule has 0 spiro atoms. The summed E-state index contributed by atoms with van der Waals surface area (Å²) in [4.78, 5) is 45.3. The molecule has 0 aliphatic carbocycles. The van der Waals surface area contributed by atoms with Gasteiger partial charge in [0.25, 0.3) is 0 Å². The van der Waals surface area contributed by atoms with Gasteiger partial charge in [-0.2, -0.15) is 47.0 Å². The van der Waals surface area contributed by atoms with E-state index in [0.717, 1.165) is 0 Å². The second kappa shape index (κ2) is 52.3. The van der Waals surface area contributed by atoms with Gasteiger partial charge in [-0.1, -0.05) is 210 Å². The van der Waals surface area contributed by atoms with Crippen LogP contribution in [0.1, 0.15) is 222 Å². The first kappa shape index (κ1) is 72.7. The van der Waals surface area contributed by atoms with Crippen LogP contribution in [0.25, 0.3) is 0 Å². The molecule has 0 aromatic heterocycles. The van der Waals surface area contributed by atoms with E-state index in [-0.39, 0.29) is 5.76 Å². The van der Waals surface area contributed by atoms with Gasteiger partial charge in [0.05, 0.1) is 5.76 Å². The third-order valence-corrected chi connectivity index (χ3v) is 14.5. The molecule has 400 valence electrons. The van der Waals surface area contributed by atoms with Crippen molar-refractivity contribution in [3.05, 3.63) is 82.1 Å². The summed E-state index contributed by atoms with van der Waals surface area (Å²) in [7, 11) is 0. The van der Waals surface area contributed by atoms with E-state index in [2.05, 4.69) is 155 Å². The van der Waals surface area contributed by atoms with E-state index < -0.39 is 13.4 Å². The predicted molar refractivity (Wildman–Crippen MR) is 320 cm³/mol. The van der Waals surface area contributed by atoms with Crippen LogP contribution in [-0.2, 0) is 46.6 Å². The Bertz CT molecular complexity index is 1320. The number of aliphatic hydroxyl groups excluding tert-OH is 1. The lowest BCUT2D eigenvalue weighted by atomic mass is 10.1. The SMILES string of the molecule is C=C(C)O.CCCCCCCCSCc1cc(C)cc(CSCCCCCCCC)c1.CCCCCCCCSCc1cc(C)cc(CSCCCCCCCC)c1.OP(O)(O)=S.OP(O)(O)=S. The van der Waals surface area contributed by atoms with Gasteiger partial charge in [0.1, 0.15) is 0 Å². The van der Waals surface area contributed by atoms with Crippen LogP contribution in [0.3, 0.4) is 0 Å². The standard InChI is InChI=1S/2C25H44S2.C3H6O.2H3O3PS/c2*1-4-6-8-10-12-14-16-26-21-24-18-23(3)19-25(20-24)22-27-17-15-13-11-9-7-5-2;1-3(2)4;2*1-4(2,3)5/h2*18-20H,4-17,21-22H2,1-3H3;4H,1H2,2H3;2*(H3,1,2,3,5). The van der Waals surface area contributed by atoms with Crippen LogP contribution in [0.4, 0.5) is 0 Å². The minimum atomic E-state index is -3.81. The van der Waals surface area contributed by atoms with Crippen molar-refractivity contribution in [2.75, 3.05) is 23.0 Å². The maximum atomic E-state index is 7.86. The number of allylic oxidation sites excluding steroid dienone is 1. The zero-order valence-corrected chi connectivity index (χ0v) is 50.5. The highest BCUT2D eigenvalue weighted by molar-refractivity contribution is 8.06. The zero-order valence-electron chi connectivity index (χ0n) is 43.8. The highest BCUT2D eigenvalue weighted by Crippen LogP contribution is 2.27. The third kappa shape index (κ3) is 68.5. The molecule has 0 amide bonds. The van der Waals surface area contributed by atoms with Crippen molar-refractivity contribution >= 4 is 84.1 Å². The highest BCUT2D eigenvalue weighted by atomic mass is 32.5. The first-order valence-electron chi connectivity index (χ1n) is 25.7. The van der Waals surface area contributed by atoms with Gasteiger partial charge in [-0.15, -0.1) is 0 Å². The van der Waals surface area contributed by atoms with Gasteiger partial charge in [-0.3, -0.25) is 0 Å². The molecule has 0 saturated heterocycles. The summed E-state index contributed by atoms with van der Waals surface area (Å²) in [6.45, 7) is 10.7. The Kier molecular flexibility index (Phi) is 55.9. The summed E-state index contributed by atoms with van der Waals surface area (Å²) in [5.74, 6) is 10.2. The predicted octanol–water partition coefficient (Wildman–Crippen LogP) is 17.8. The molecule has 0 aliphatic rings. The summed E-state index contributed by atoms with van der Waals surface area (Å²) in [5.41, 5.74) is 8.98. The van der Waals surface area contributed by atoms with Gasteiger partial charge in [0.2, 0.25) is 0 Å². The molecule has 0 bridgehead atoms. The fourth-order valence-electron chi connectivity index (χ4n) is 6.93. The van der Waals surface area contributed by atoms with Gasteiger partial charge < -0.3 is 34.5 Å². The van der Waals surface area contributed by atoms with Crippen molar-refractivity contribution in [1.29, 1.82) is 0 Å². The fraction of sp³-hybridized carbons (Fsp3) is 0.736. The Morgan fingerprint density at radius 1 is 0.397 bits per heavy atom. The molecule has 7 N–H and O–H groups in total. The first-order valence-corrected chi connectivity index (χ1v) is 35.6. The fourth-order valence-corrected chi connectivity index (χ4v) is 10.7. The Labute approximate surface area is 446 Å². The van der Waals surface area contributed by atoms with Gasteiger partial charge in [0.15, 0.2) is 0 Å². The smallest absolute Gasteiger partial charge is 0.319 e. The molecule has 0 unspecified atom stereocenters. The molecule has 0 aliphatic heterocycles. The van der Waals surface area contributed by atoms with Crippen LogP contribution < -0.4 is 0 Å². The van der Waals surface area contributed by atoms with E-state index >= 15 is 0 Å². The number of thioether (sulfide) groups is 4. The summed E-state index contributed by atoms with van der Waals surface area (Å²) in [5, 5.41) is 7.86. The van der Waals surface area contributed by atoms with Crippen LogP contribution in [0.5, 0.6) is 0 Å². The average Bonchev–Trinajstić information content (AvgIpc) is 3.23. The second-order valence-electron chi connectivity index (χ2n) is 17.7. The quantitative estimate of drug-likeness (QED) is 0.0198. The van der Waals surface area contributed by atoms with Crippen molar-refractivity contribution in [3.8, 4) is 0 Å². The van der Waals surface area contributed by atoms with Crippen LogP contribution in [-0.4, -0.2) is 57.5 Å². The van der Waals surface area contributed by atoms with E-state index in [0.29, 0.717) is 0 Å². The number of aliphatic hydroxyl groups is 1. The lowest BCUT2D eigenvalue weighted by Gasteiger charge is -2.08. The van der Waals surface area contributed by atoms with E-state index in [1.165, 1.54) is 240 Å². The van der Waals surface area contributed by atoms with E-state index in [9.17, 15) is 0 Å². The molecule has 0 heterocycles. The maximum Gasteiger partial charge on any atom is 0.319 e. The maximum absolute atomic E-state index is 7.86. The van der Waals surface area contributed by atoms with Gasteiger partial charge in [-0.25, -0.2) is 0 Å². The second-order valence-corrected chi connectivity index (χ2v) is 27.1. The summed E-state index contributed by atoms with van der Waals surface area (Å²) in [6.07, 6.45) is 33.7. The highest BCUT2D eigenvalue weighted by Gasteiger charge is 2.03. The van der Waals surface area contributed by atoms with Crippen LogP contribution in [0.15, 0.2) is 48.7 Å². The number of hydrogen-bond acceptors (Lipinski definition) is 7. The molecule has 0 saturated carbocycles. The molecule has 15 heteroatoms. The van der Waals surface area contributed by atoms with Crippen molar-refractivity contribution in [2.45, 2.75) is 226 Å². The Morgan fingerprint density at radius 3 is 0.735 bits per heavy atom. The van der Waals surface area contributed by atoms with Crippen molar-refractivity contribution in [3.63, 3.8) is 0 Å². The summed E-state index contributed by atoms with van der Waals surface area (Å²) in [6, 6.07) is 14.4. The Morgan fingerprint density at radius 2 is 0.559 bits per heavy atom. The zero-order chi connectivity index (χ0) is 51.7. The number of hydrogen-bond donors (Lipinski definition) is 7. The largest absolute Gasteiger partial charge is 0.513 e. The van der Waals surface area contributed by atoms with Crippen molar-refractivity contribution in [2.24, 2.45) is 0 Å². The monoisotopic (exact) mass is 1100 g/mol. The molecule has 2 aromatic carbocycles. The number of rotatable bonds is 36. The lowest BCUT2D eigenvalue weighted by Crippen LogP contribution is -1.91. The topological polar surface area (TPSA) is 142 Å². The normalized spacial score (nSPS) is 11.0. The molecule has 7 nitrogen and oxygen atoms in total. The van der Waals surface area contributed by atoms with Crippen molar-refractivity contribution < 1.29 is 34.5 Å². The van der Waals surface area contributed by atoms with Crippen LogP contribution in [0.2, 0.25) is 0 Å². The van der Waals surface area contributed by atoms with E-state index in [1.54, 1.807) is 0 Å². The van der Waals surface area contributed by atoms with Gasteiger partial charge in [0, 0.05) is 23.0 Å². The number of aryl methyl sites for hydroxylation is 2. The molecule has 2 rings (SSSR count). The van der Waals surface area contributed by atoms with Crippen LogP contribution in [0, 0.1) is 13.8 Å². The van der Waals surface area contributed by atoms with Gasteiger partial charge >= 0.3 is 13.4 Å². The molecular weight excluding hydrogens is 1000 g/mol. The van der Waals surface area contributed by atoms with E-state index in [1.807, 2.05) is 0 Å². The Balaban J connectivity index is -0.000000969. The molecule has 0 radical (unpaired) electrons. The molecule has 2 aromatic rings. The van der Waals surface area contributed by atoms with Crippen molar-refractivity contribution in [1.82, 2.24) is 0 Å². The summed E-state index contributed by atoms with van der Waals surface area (Å²) < 4.78 is 0. The number of benzene rings is 2. The van der Waals surface area contributed by atoms with Gasteiger partial charge in [-0.05, 0) is 115 Å². The Hall–Kier alpha value is 0.440.